The number of anilines is 1. The fraction of sp³-hybridized carbons (Fsp3) is 0.391. The number of sulfone groups is 1. The van der Waals surface area contributed by atoms with Crippen LogP contribution >= 0.6 is 0 Å². The molecule has 1 aliphatic rings. The van der Waals surface area contributed by atoms with Gasteiger partial charge in [0.05, 0.1) is 18.0 Å². The van der Waals surface area contributed by atoms with Crippen LogP contribution in [-0.4, -0.2) is 45.2 Å². The van der Waals surface area contributed by atoms with Crippen LogP contribution in [0.4, 0.5) is 5.69 Å². The predicted octanol–water partition coefficient (Wildman–Crippen LogP) is 2.94. The number of hydrogen-bond donors (Lipinski definition) is 1. The first kappa shape index (κ1) is 22.8. The second kappa shape index (κ2) is 9.51. The highest BCUT2D eigenvalue weighted by Crippen LogP contribution is 2.34. The Morgan fingerprint density at radius 3 is 2.35 bits per heavy atom. The largest absolute Gasteiger partial charge is 0.477 e. The van der Waals surface area contributed by atoms with E-state index in [1.807, 2.05) is 19.9 Å². The van der Waals surface area contributed by atoms with Crippen LogP contribution in [-0.2, 0) is 20.4 Å². The molecule has 31 heavy (non-hydrogen) atoms. The molecule has 2 aromatic rings. The molecule has 1 N–H and O–H groups in total. The molecule has 0 saturated heterocycles. The first-order chi connectivity index (χ1) is 14.7. The van der Waals surface area contributed by atoms with Gasteiger partial charge in [-0.15, -0.1) is 0 Å². The summed E-state index contributed by atoms with van der Waals surface area (Å²) in [6.07, 6.45) is 1.98. The van der Waals surface area contributed by atoms with Gasteiger partial charge >= 0.3 is 0 Å². The van der Waals surface area contributed by atoms with Crippen LogP contribution in [0.25, 0.3) is 0 Å². The van der Waals surface area contributed by atoms with Crippen molar-refractivity contribution < 1.29 is 22.7 Å². The molecule has 0 aliphatic carbocycles. The minimum atomic E-state index is -3.16. The molecule has 1 aliphatic heterocycles. The Morgan fingerprint density at radius 1 is 1.10 bits per heavy atom. The number of hydrogen-bond acceptors (Lipinski definition) is 5. The maximum absolute atomic E-state index is 13.3. The lowest BCUT2D eigenvalue weighted by Gasteiger charge is -2.34. The minimum absolute atomic E-state index is 0.0554. The summed E-state index contributed by atoms with van der Waals surface area (Å²) in [6.45, 7) is 4.11. The highest BCUT2D eigenvalue weighted by molar-refractivity contribution is 7.89. The number of benzene rings is 2. The summed E-state index contributed by atoms with van der Waals surface area (Å²) in [5.41, 5.74) is 1.62. The van der Waals surface area contributed by atoms with Crippen molar-refractivity contribution in [2.75, 3.05) is 17.7 Å². The van der Waals surface area contributed by atoms with E-state index >= 15 is 0 Å². The van der Waals surface area contributed by atoms with Crippen molar-refractivity contribution in [3.63, 3.8) is 0 Å². The average molecular weight is 445 g/mol. The fourth-order valence-corrected chi connectivity index (χ4v) is 4.35. The molecule has 1 atom stereocenters. The van der Waals surface area contributed by atoms with Crippen molar-refractivity contribution >= 4 is 27.3 Å². The first-order valence-electron chi connectivity index (χ1n) is 10.4. The highest BCUT2D eigenvalue weighted by Gasteiger charge is 2.34. The van der Waals surface area contributed by atoms with E-state index in [2.05, 4.69) is 5.32 Å². The summed E-state index contributed by atoms with van der Waals surface area (Å²) in [5, 5.41) is 2.99. The topological polar surface area (TPSA) is 92.8 Å². The smallest absolute Gasteiger partial charge is 0.263 e. The third-order valence-electron chi connectivity index (χ3n) is 5.27. The molecule has 0 radical (unpaired) electrons. The number of fused-ring (bicyclic) bond motifs is 1. The van der Waals surface area contributed by atoms with Crippen LogP contribution in [0.3, 0.4) is 0 Å². The molecule has 1 heterocycles. The molecule has 166 valence electrons. The van der Waals surface area contributed by atoms with Gasteiger partial charge in [-0.3, -0.25) is 9.59 Å². The van der Waals surface area contributed by atoms with Crippen LogP contribution < -0.4 is 15.0 Å². The van der Waals surface area contributed by atoms with Crippen LogP contribution in [0, 0.1) is 0 Å². The summed E-state index contributed by atoms with van der Waals surface area (Å²) >= 11 is 0. The van der Waals surface area contributed by atoms with Crippen LogP contribution in [0.15, 0.2) is 48.5 Å². The van der Waals surface area contributed by atoms with Crippen LogP contribution in [0.2, 0.25) is 0 Å². The molecule has 0 bridgehead atoms. The van der Waals surface area contributed by atoms with E-state index in [1.165, 1.54) is 6.26 Å². The SMILES string of the molecule is CCC(CC)NC(=O)C1CN(C(=O)c2ccc(CS(C)(=O)=O)cc2)c2ccccc2O1. The molecule has 0 fully saturated rings. The third-order valence-corrected chi connectivity index (χ3v) is 6.13. The second-order valence-electron chi connectivity index (χ2n) is 7.78. The van der Waals surface area contributed by atoms with Gasteiger partial charge in [-0.1, -0.05) is 38.1 Å². The average Bonchev–Trinajstić information content (AvgIpc) is 2.75. The van der Waals surface area contributed by atoms with E-state index in [4.69, 9.17) is 4.74 Å². The van der Waals surface area contributed by atoms with Gasteiger partial charge in [0, 0.05) is 17.9 Å². The lowest BCUT2D eigenvalue weighted by atomic mass is 10.1. The molecule has 2 amide bonds. The molecule has 0 aromatic heterocycles. The number of carbonyl (C=O) groups is 2. The molecule has 1 unspecified atom stereocenters. The van der Waals surface area contributed by atoms with E-state index in [0.29, 0.717) is 22.6 Å². The van der Waals surface area contributed by atoms with Crippen molar-refractivity contribution in [2.45, 2.75) is 44.6 Å². The number of ether oxygens (including phenoxy) is 1. The second-order valence-corrected chi connectivity index (χ2v) is 9.92. The van der Waals surface area contributed by atoms with Gasteiger partial charge in [-0.05, 0) is 42.7 Å². The number of nitrogens with zero attached hydrogens (tertiary/aromatic N) is 1. The molecule has 0 spiro atoms. The minimum Gasteiger partial charge on any atom is -0.477 e. The Labute approximate surface area is 183 Å². The number of carbonyl (C=O) groups excluding carboxylic acids is 2. The van der Waals surface area contributed by atoms with Crippen molar-refractivity contribution in [3.05, 3.63) is 59.7 Å². The van der Waals surface area contributed by atoms with Crippen molar-refractivity contribution in [3.8, 4) is 5.75 Å². The summed E-state index contributed by atoms with van der Waals surface area (Å²) in [5.74, 6) is -0.132. The van der Waals surface area contributed by atoms with Gasteiger partial charge in [-0.2, -0.15) is 0 Å². The van der Waals surface area contributed by atoms with Gasteiger partial charge in [0.15, 0.2) is 15.9 Å². The molecule has 2 aromatic carbocycles. The zero-order chi connectivity index (χ0) is 22.6. The first-order valence-corrected chi connectivity index (χ1v) is 12.4. The summed E-state index contributed by atoms with van der Waals surface area (Å²) < 4.78 is 28.9. The molecular weight excluding hydrogens is 416 g/mol. The van der Waals surface area contributed by atoms with Gasteiger partial charge in [0.1, 0.15) is 5.75 Å². The maximum atomic E-state index is 13.3. The van der Waals surface area contributed by atoms with Crippen LogP contribution in [0.1, 0.15) is 42.6 Å². The zero-order valence-corrected chi connectivity index (χ0v) is 18.8. The van der Waals surface area contributed by atoms with E-state index in [1.54, 1.807) is 47.4 Å². The van der Waals surface area contributed by atoms with Crippen molar-refractivity contribution in [1.82, 2.24) is 5.32 Å². The number of para-hydroxylation sites is 2. The Morgan fingerprint density at radius 2 is 1.74 bits per heavy atom. The Kier molecular flexibility index (Phi) is 7.00. The summed E-state index contributed by atoms with van der Waals surface area (Å²) in [4.78, 5) is 27.6. The van der Waals surface area contributed by atoms with Gasteiger partial charge in [0.25, 0.3) is 11.8 Å². The van der Waals surface area contributed by atoms with Crippen molar-refractivity contribution in [1.29, 1.82) is 0 Å². The summed E-state index contributed by atoms with van der Waals surface area (Å²) in [7, 11) is -3.16. The lowest BCUT2D eigenvalue weighted by Crippen LogP contribution is -2.52. The predicted molar refractivity (Wildman–Crippen MR) is 120 cm³/mol. The van der Waals surface area contributed by atoms with Crippen molar-refractivity contribution in [2.24, 2.45) is 0 Å². The molecule has 0 saturated carbocycles. The maximum Gasteiger partial charge on any atom is 0.263 e. The monoisotopic (exact) mass is 444 g/mol. The zero-order valence-electron chi connectivity index (χ0n) is 18.0. The molecule has 8 heteroatoms. The van der Waals surface area contributed by atoms with Gasteiger partial charge < -0.3 is 15.0 Å². The number of amides is 2. The van der Waals surface area contributed by atoms with E-state index < -0.39 is 15.9 Å². The standard InChI is InChI=1S/C23H28N2O5S/c1-4-18(5-2)24-22(26)21-14-25(19-8-6-7-9-20(19)30-21)23(27)17-12-10-16(11-13-17)15-31(3,28)29/h6-13,18,21H,4-5,14-15H2,1-3H3,(H,24,26). The Balaban J connectivity index is 1.84. The molecule has 3 rings (SSSR count). The summed E-state index contributed by atoms with van der Waals surface area (Å²) in [6, 6.07) is 13.7. The fourth-order valence-electron chi connectivity index (χ4n) is 3.55. The normalized spacial score (nSPS) is 15.9. The number of nitrogens with one attached hydrogen (secondary N) is 1. The highest BCUT2D eigenvalue weighted by atomic mass is 32.2. The third kappa shape index (κ3) is 5.64. The van der Waals surface area contributed by atoms with Gasteiger partial charge in [0.2, 0.25) is 0 Å². The molecule has 7 nitrogen and oxygen atoms in total. The van der Waals surface area contributed by atoms with Crippen LogP contribution in [0.5, 0.6) is 5.75 Å². The lowest BCUT2D eigenvalue weighted by molar-refractivity contribution is -0.128. The quantitative estimate of drug-likeness (QED) is 0.709. The van der Waals surface area contributed by atoms with Gasteiger partial charge in [-0.25, -0.2) is 8.42 Å². The van der Waals surface area contributed by atoms with E-state index in [-0.39, 0.29) is 30.2 Å². The Hall–Kier alpha value is -2.87. The number of rotatable bonds is 7. The van der Waals surface area contributed by atoms with E-state index in [0.717, 1.165) is 12.8 Å². The Bertz CT molecular complexity index is 1050. The van der Waals surface area contributed by atoms with E-state index in [9.17, 15) is 18.0 Å². The molecular formula is C23H28N2O5S.